The van der Waals surface area contributed by atoms with E-state index in [1.807, 2.05) is 4.90 Å². The fourth-order valence-corrected chi connectivity index (χ4v) is 3.09. The first-order valence-corrected chi connectivity index (χ1v) is 6.42. The Labute approximate surface area is 102 Å². The lowest BCUT2D eigenvalue weighted by atomic mass is 9.92. The van der Waals surface area contributed by atoms with Crippen molar-refractivity contribution in [1.82, 2.24) is 4.90 Å². The van der Waals surface area contributed by atoms with Gasteiger partial charge in [0.1, 0.15) is 0 Å². The lowest BCUT2D eigenvalue weighted by Gasteiger charge is -2.24. The zero-order chi connectivity index (χ0) is 12.6. The number of carboxylic acids is 1. The maximum absolute atomic E-state index is 12.3. The topological polar surface area (TPSA) is 57.6 Å². The summed E-state index contributed by atoms with van der Waals surface area (Å²) in [5.74, 6) is -1.47. The molecule has 1 saturated carbocycles. The van der Waals surface area contributed by atoms with Crippen LogP contribution in [0, 0.1) is 17.3 Å². The molecule has 2 atom stereocenters. The van der Waals surface area contributed by atoms with Gasteiger partial charge in [-0.25, -0.2) is 0 Å². The molecule has 0 aromatic rings. The maximum atomic E-state index is 12.3. The predicted octanol–water partition coefficient (Wildman–Crippen LogP) is 1.75. The van der Waals surface area contributed by atoms with E-state index in [-0.39, 0.29) is 17.2 Å². The van der Waals surface area contributed by atoms with Crippen LogP contribution in [0.15, 0.2) is 0 Å². The highest BCUT2D eigenvalue weighted by molar-refractivity contribution is 5.85. The van der Waals surface area contributed by atoms with Gasteiger partial charge in [0, 0.05) is 13.1 Å². The summed E-state index contributed by atoms with van der Waals surface area (Å²) in [7, 11) is 0. The van der Waals surface area contributed by atoms with Gasteiger partial charge in [0.25, 0.3) is 0 Å². The van der Waals surface area contributed by atoms with E-state index in [2.05, 4.69) is 13.8 Å². The lowest BCUT2D eigenvalue weighted by molar-refractivity contribution is -0.148. The Morgan fingerprint density at radius 3 is 2.41 bits per heavy atom. The molecule has 1 saturated heterocycles. The van der Waals surface area contributed by atoms with Gasteiger partial charge >= 0.3 is 5.97 Å². The Bertz CT molecular complexity index is 338. The van der Waals surface area contributed by atoms with Crippen LogP contribution in [0.4, 0.5) is 0 Å². The highest BCUT2D eigenvalue weighted by atomic mass is 16.4. The predicted molar refractivity (Wildman–Crippen MR) is 63.4 cm³/mol. The smallest absolute Gasteiger partial charge is 0.307 e. The minimum Gasteiger partial charge on any atom is -0.481 e. The number of aliphatic carboxylic acids is 1. The number of carbonyl (C=O) groups is 2. The van der Waals surface area contributed by atoms with Gasteiger partial charge < -0.3 is 10.0 Å². The Morgan fingerprint density at radius 2 is 1.88 bits per heavy atom. The van der Waals surface area contributed by atoms with Gasteiger partial charge in [-0.1, -0.05) is 20.3 Å². The molecule has 4 nitrogen and oxygen atoms in total. The van der Waals surface area contributed by atoms with Crippen LogP contribution in [0.25, 0.3) is 0 Å². The van der Waals surface area contributed by atoms with E-state index in [9.17, 15) is 9.59 Å². The highest BCUT2D eigenvalue weighted by Gasteiger charge is 2.42. The quantitative estimate of drug-likeness (QED) is 0.798. The number of amides is 1. The van der Waals surface area contributed by atoms with E-state index in [0.29, 0.717) is 6.42 Å². The molecule has 2 aliphatic rings. The largest absolute Gasteiger partial charge is 0.481 e. The van der Waals surface area contributed by atoms with Crippen molar-refractivity contribution in [2.24, 2.45) is 17.3 Å². The van der Waals surface area contributed by atoms with Crippen molar-refractivity contribution in [3.05, 3.63) is 0 Å². The third kappa shape index (κ3) is 2.45. The SMILES string of the molecule is CC1(C)CCN(C(=O)C2CCCC2C(=O)O)C1. The Hall–Kier alpha value is -1.06. The average molecular weight is 239 g/mol. The van der Waals surface area contributed by atoms with Gasteiger partial charge in [0.2, 0.25) is 5.91 Å². The monoisotopic (exact) mass is 239 g/mol. The number of carboxylic acid groups (broad SMARTS) is 1. The van der Waals surface area contributed by atoms with Crippen LogP contribution >= 0.6 is 0 Å². The molecule has 2 unspecified atom stereocenters. The van der Waals surface area contributed by atoms with Crippen LogP contribution in [-0.4, -0.2) is 35.0 Å². The number of rotatable bonds is 2. The molecule has 0 aromatic carbocycles. The van der Waals surface area contributed by atoms with Crippen LogP contribution in [-0.2, 0) is 9.59 Å². The Morgan fingerprint density at radius 1 is 1.24 bits per heavy atom. The van der Waals surface area contributed by atoms with Crippen LogP contribution in [0.5, 0.6) is 0 Å². The minimum absolute atomic E-state index is 0.0699. The third-order valence-corrected chi connectivity index (χ3v) is 4.14. The molecule has 0 spiro atoms. The summed E-state index contributed by atoms with van der Waals surface area (Å²) in [6, 6.07) is 0. The Kier molecular flexibility index (Phi) is 3.15. The summed E-state index contributed by atoms with van der Waals surface area (Å²) in [4.78, 5) is 25.3. The van der Waals surface area contributed by atoms with Crippen LogP contribution < -0.4 is 0 Å². The number of likely N-dealkylation sites (tertiary alicyclic amines) is 1. The molecule has 96 valence electrons. The van der Waals surface area contributed by atoms with Crippen molar-refractivity contribution in [3.63, 3.8) is 0 Å². The first-order valence-electron chi connectivity index (χ1n) is 6.42. The van der Waals surface area contributed by atoms with Gasteiger partial charge in [-0.15, -0.1) is 0 Å². The molecular weight excluding hydrogens is 218 g/mol. The molecule has 4 heteroatoms. The molecule has 0 bridgehead atoms. The van der Waals surface area contributed by atoms with Crippen LogP contribution in [0.1, 0.15) is 39.5 Å². The molecule has 17 heavy (non-hydrogen) atoms. The van der Waals surface area contributed by atoms with Gasteiger partial charge in [-0.2, -0.15) is 0 Å². The average Bonchev–Trinajstić information content (AvgIpc) is 2.82. The molecule has 1 aliphatic carbocycles. The molecular formula is C13H21NO3. The van der Waals surface area contributed by atoms with Gasteiger partial charge in [0.05, 0.1) is 11.8 Å². The van der Waals surface area contributed by atoms with E-state index in [0.717, 1.165) is 32.4 Å². The van der Waals surface area contributed by atoms with Gasteiger partial charge in [0.15, 0.2) is 0 Å². The van der Waals surface area contributed by atoms with E-state index < -0.39 is 11.9 Å². The Balaban J connectivity index is 2.03. The summed E-state index contributed by atoms with van der Waals surface area (Å²) in [5.41, 5.74) is 0.187. The maximum Gasteiger partial charge on any atom is 0.307 e. The van der Waals surface area contributed by atoms with Crippen molar-refractivity contribution < 1.29 is 14.7 Å². The number of hydrogen-bond donors (Lipinski definition) is 1. The molecule has 2 fully saturated rings. The fraction of sp³-hybridized carbons (Fsp3) is 0.846. The van der Waals surface area contributed by atoms with Crippen molar-refractivity contribution in [3.8, 4) is 0 Å². The van der Waals surface area contributed by atoms with Crippen molar-refractivity contribution in [1.29, 1.82) is 0 Å². The number of hydrogen-bond acceptors (Lipinski definition) is 2. The zero-order valence-electron chi connectivity index (χ0n) is 10.6. The first-order chi connectivity index (χ1) is 7.91. The summed E-state index contributed by atoms with van der Waals surface area (Å²) in [6.07, 6.45) is 3.28. The van der Waals surface area contributed by atoms with E-state index in [1.165, 1.54) is 0 Å². The molecule has 1 heterocycles. The molecule has 1 amide bonds. The van der Waals surface area contributed by atoms with Gasteiger partial charge in [-0.3, -0.25) is 9.59 Å². The number of carbonyl (C=O) groups excluding carboxylic acids is 1. The van der Waals surface area contributed by atoms with E-state index >= 15 is 0 Å². The summed E-state index contributed by atoms with van der Waals surface area (Å²) >= 11 is 0. The molecule has 0 radical (unpaired) electrons. The summed E-state index contributed by atoms with van der Waals surface area (Å²) in [6.45, 7) is 5.87. The number of nitrogens with zero attached hydrogens (tertiary/aromatic N) is 1. The van der Waals surface area contributed by atoms with Crippen LogP contribution in [0.2, 0.25) is 0 Å². The fourth-order valence-electron chi connectivity index (χ4n) is 3.09. The molecule has 0 aromatic heterocycles. The van der Waals surface area contributed by atoms with E-state index in [4.69, 9.17) is 5.11 Å². The second-order valence-electron chi connectivity index (χ2n) is 6.16. The summed E-state index contributed by atoms with van der Waals surface area (Å²) in [5, 5.41) is 9.11. The molecule has 1 aliphatic heterocycles. The standard InChI is InChI=1S/C13H21NO3/c1-13(2)6-7-14(8-13)11(15)9-4-3-5-10(9)12(16)17/h9-10H,3-8H2,1-2H3,(H,16,17). The highest BCUT2D eigenvalue weighted by Crippen LogP contribution is 2.36. The second kappa shape index (κ2) is 4.31. The van der Waals surface area contributed by atoms with Crippen molar-refractivity contribution in [2.75, 3.05) is 13.1 Å². The first kappa shape index (κ1) is 12.4. The normalized spacial score (nSPS) is 31.8. The minimum atomic E-state index is -0.806. The lowest BCUT2D eigenvalue weighted by Crippen LogP contribution is -2.38. The molecule has 1 N–H and O–H groups in total. The van der Waals surface area contributed by atoms with Crippen LogP contribution in [0.3, 0.4) is 0 Å². The van der Waals surface area contributed by atoms with Crippen molar-refractivity contribution >= 4 is 11.9 Å². The second-order valence-corrected chi connectivity index (χ2v) is 6.16. The van der Waals surface area contributed by atoms with E-state index in [1.54, 1.807) is 0 Å². The van der Waals surface area contributed by atoms with Gasteiger partial charge in [-0.05, 0) is 24.7 Å². The van der Waals surface area contributed by atoms with Crippen molar-refractivity contribution in [2.45, 2.75) is 39.5 Å². The molecule has 2 rings (SSSR count). The zero-order valence-corrected chi connectivity index (χ0v) is 10.6. The summed E-state index contributed by atoms with van der Waals surface area (Å²) < 4.78 is 0. The third-order valence-electron chi connectivity index (χ3n) is 4.14.